The van der Waals surface area contributed by atoms with E-state index in [1.165, 1.54) is 5.56 Å². The van der Waals surface area contributed by atoms with Gasteiger partial charge in [-0.15, -0.1) is 12.8 Å². The van der Waals surface area contributed by atoms with Gasteiger partial charge in [0.25, 0.3) is 0 Å². The third-order valence-electron chi connectivity index (χ3n) is 6.13. The monoisotopic (exact) mass is 446 g/mol. The lowest BCUT2D eigenvalue weighted by Gasteiger charge is -2.22. The molecule has 2 unspecified atom stereocenters. The molecule has 0 saturated carbocycles. The molecule has 170 valence electrons. The fourth-order valence-corrected chi connectivity index (χ4v) is 4.18. The van der Waals surface area contributed by atoms with Gasteiger partial charge in [0.15, 0.2) is 0 Å². The van der Waals surface area contributed by atoms with Gasteiger partial charge in [0.05, 0.1) is 18.2 Å². The minimum atomic E-state index is -0.115. The van der Waals surface area contributed by atoms with Crippen LogP contribution in [-0.4, -0.2) is 12.4 Å². The lowest BCUT2D eigenvalue weighted by atomic mass is 9.86. The summed E-state index contributed by atoms with van der Waals surface area (Å²) >= 11 is 0. The van der Waals surface area contributed by atoms with E-state index in [4.69, 9.17) is 22.6 Å². The van der Waals surface area contributed by atoms with Gasteiger partial charge in [0.1, 0.15) is 17.6 Å². The van der Waals surface area contributed by atoms with E-state index < -0.39 is 0 Å². The van der Waals surface area contributed by atoms with Crippen molar-refractivity contribution in [3.63, 3.8) is 0 Å². The third-order valence-corrected chi connectivity index (χ3v) is 6.13. The molecule has 1 N–H and O–H groups in total. The van der Waals surface area contributed by atoms with Crippen LogP contribution in [0.2, 0.25) is 0 Å². The van der Waals surface area contributed by atoms with Crippen molar-refractivity contribution < 1.29 is 4.74 Å². The SMILES string of the molecule is C#Cc1ccc(C2N=C(c3ccc(C(C)(C)C)cc3OCC)NC2c2ccc(C#C)cc2)cc1. The van der Waals surface area contributed by atoms with E-state index in [9.17, 15) is 0 Å². The Balaban J connectivity index is 1.78. The molecule has 0 saturated heterocycles. The molecule has 0 spiro atoms. The second-order valence-electron chi connectivity index (χ2n) is 9.47. The highest BCUT2D eigenvalue weighted by Gasteiger charge is 2.33. The average Bonchev–Trinajstić information content (AvgIpc) is 3.29. The van der Waals surface area contributed by atoms with Crippen LogP contribution in [0.3, 0.4) is 0 Å². The van der Waals surface area contributed by atoms with E-state index in [2.05, 4.69) is 80.4 Å². The van der Waals surface area contributed by atoms with Crippen LogP contribution in [0, 0.1) is 24.7 Å². The first-order chi connectivity index (χ1) is 16.3. The predicted octanol–water partition coefficient (Wildman–Crippen LogP) is 6.18. The van der Waals surface area contributed by atoms with Gasteiger partial charge in [-0.05, 0) is 65.4 Å². The number of nitrogens with one attached hydrogen (secondary N) is 1. The first-order valence-electron chi connectivity index (χ1n) is 11.6. The number of terminal acetylenes is 2. The fraction of sp³-hybridized carbons (Fsp3) is 0.258. The molecule has 0 bridgehead atoms. The second-order valence-corrected chi connectivity index (χ2v) is 9.47. The number of hydrogen-bond donors (Lipinski definition) is 1. The zero-order chi connectivity index (χ0) is 24.3. The highest BCUT2D eigenvalue weighted by molar-refractivity contribution is 6.03. The zero-order valence-corrected chi connectivity index (χ0v) is 20.2. The van der Waals surface area contributed by atoms with Crippen LogP contribution in [0.15, 0.2) is 71.7 Å². The van der Waals surface area contributed by atoms with Crippen molar-refractivity contribution in [3.8, 4) is 30.4 Å². The zero-order valence-electron chi connectivity index (χ0n) is 20.2. The average molecular weight is 447 g/mol. The van der Waals surface area contributed by atoms with Gasteiger partial charge in [-0.25, -0.2) is 0 Å². The van der Waals surface area contributed by atoms with E-state index in [1.54, 1.807) is 0 Å². The minimum absolute atomic E-state index is 0.0257. The predicted molar refractivity (Wildman–Crippen MR) is 140 cm³/mol. The van der Waals surface area contributed by atoms with Crippen molar-refractivity contribution in [3.05, 3.63) is 100 Å². The standard InChI is InChI=1S/C31H30N2O/c1-7-21-10-14-23(15-11-21)28-29(24-16-12-22(8-2)13-17-24)33-30(32-28)26-19-18-25(31(4,5)6)20-27(26)34-9-3/h1-2,10-20,28-29H,9H2,3-6H3,(H,32,33). The summed E-state index contributed by atoms with van der Waals surface area (Å²) in [5.41, 5.74) is 6.13. The summed E-state index contributed by atoms with van der Waals surface area (Å²) in [7, 11) is 0. The maximum atomic E-state index is 6.06. The third kappa shape index (κ3) is 4.70. The summed E-state index contributed by atoms with van der Waals surface area (Å²) < 4.78 is 6.06. The fourth-order valence-electron chi connectivity index (χ4n) is 4.18. The molecule has 34 heavy (non-hydrogen) atoms. The number of rotatable bonds is 5. The Morgan fingerprint density at radius 3 is 2.00 bits per heavy atom. The van der Waals surface area contributed by atoms with Crippen molar-refractivity contribution in [2.24, 2.45) is 4.99 Å². The topological polar surface area (TPSA) is 33.6 Å². The summed E-state index contributed by atoms with van der Waals surface area (Å²) in [4.78, 5) is 5.15. The van der Waals surface area contributed by atoms with E-state index in [0.29, 0.717) is 6.61 Å². The Hall–Kier alpha value is -3.95. The van der Waals surface area contributed by atoms with Crippen LogP contribution >= 0.6 is 0 Å². The van der Waals surface area contributed by atoms with Crippen LogP contribution < -0.4 is 10.1 Å². The lowest BCUT2D eigenvalue weighted by molar-refractivity contribution is 0.338. The molecular formula is C31H30N2O. The van der Waals surface area contributed by atoms with Gasteiger partial charge < -0.3 is 10.1 Å². The Bertz CT molecular complexity index is 1280. The van der Waals surface area contributed by atoms with Crippen LogP contribution in [0.4, 0.5) is 0 Å². The number of benzene rings is 3. The van der Waals surface area contributed by atoms with Gasteiger partial charge >= 0.3 is 0 Å². The molecule has 1 aliphatic heterocycles. The van der Waals surface area contributed by atoms with Gasteiger partial charge in [0.2, 0.25) is 0 Å². The van der Waals surface area contributed by atoms with Crippen LogP contribution in [0.1, 0.15) is 73.2 Å². The molecule has 1 aliphatic rings. The number of amidine groups is 1. The number of nitrogens with zero attached hydrogens (tertiary/aromatic N) is 1. The van der Waals surface area contributed by atoms with Gasteiger partial charge in [-0.2, -0.15) is 0 Å². The Morgan fingerprint density at radius 2 is 1.47 bits per heavy atom. The second kappa shape index (κ2) is 9.50. The van der Waals surface area contributed by atoms with Crippen molar-refractivity contribution in [1.29, 1.82) is 0 Å². The van der Waals surface area contributed by atoms with Crippen LogP contribution in [0.25, 0.3) is 0 Å². The molecule has 3 heteroatoms. The minimum Gasteiger partial charge on any atom is -0.493 e. The lowest BCUT2D eigenvalue weighted by Crippen LogP contribution is -2.26. The molecule has 3 aromatic rings. The molecule has 2 atom stereocenters. The number of aliphatic imine (C=N–C) groups is 1. The highest BCUT2D eigenvalue weighted by atomic mass is 16.5. The molecule has 3 aromatic carbocycles. The Labute approximate surface area is 203 Å². The van der Waals surface area contributed by atoms with Crippen molar-refractivity contribution in [2.75, 3.05) is 6.61 Å². The molecule has 0 aliphatic carbocycles. The molecule has 0 aromatic heterocycles. The van der Waals surface area contributed by atoms with Crippen molar-refractivity contribution in [2.45, 2.75) is 45.2 Å². The van der Waals surface area contributed by atoms with E-state index in [-0.39, 0.29) is 17.5 Å². The van der Waals surface area contributed by atoms with Gasteiger partial charge in [-0.1, -0.05) is 62.9 Å². The first-order valence-corrected chi connectivity index (χ1v) is 11.6. The molecule has 0 fully saturated rings. The van der Waals surface area contributed by atoms with Crippen molar-refractivity contribution >= 4 is 5.84 Å². The maximum Gasteiger partial charge on any atom is 0.133 e. The molecule has 0 amide bonds. The first kappa shape index (κ1) is 23.2. The highest BCUT2D eigenvalue weighted by Crippen LogP contribution is 2.39. The summed E-state index contributed by atoms with van der Waals surface area (Å²) in [6.45, 7) is 9.20. The number of hydrogen-bond acceptors (Lipinski definition) is 3. The molecular weight excluding hydrogens is 416 g/mol. The van der Waals surface area contributed by atoms with E-state index in [0.717, 1.165) is 39.4 Å². The Morgan fingerprint density at radius 1 is 0.882 bits per heavy atom. The molecule has 1 heterocycles. The van der Waals surface area contributed by atoms with Crippen LogP contribution in [-0.2, 0) is 5.41 Å². The maximum absolute atomic E-state index is 6.06. The van der Waals surface area contributed by atoms with Gasteiger partial charge in [-0.3, -0.25) is 4.99 Å². The molecule has 0 radical (unpaired) electrons. The van der Waals surface area contributed by atoms with Crippen molar-refractivity contribution in [1.82, 2.24) is 5.32 Å². The summed E-state index contributed by atoms with van der Waals surface area (Å²) in [6, 6.07) is 22.4. The van der Waals surface area contributed by atoms with Gasteiger partial charge in [0, 0.05) is 11.1 Å². The number of ether oxygens (including phenoxy) is 1. The largest absolute Gasteiger partial charge is 0.493 e. The normalized spacial score (nSPS) is 17.3. The Kier molecular flexibility index (Phi) is 6.49. The molecule has 4 rings (SSSR count). The van der Waals surface area contributed by atoms with E-state index in [1.807, 2.05) is 31.2 Å². The summed E-state index contributed by atoms with van der Waals surface area (Å²) in [6.07, 6.45) is 11.1. The molecule has 3 nitrogen and oxygen atoms in total. The quantitative estimate of drug-likeness (QED) is 0.475. The van der Waals surface area contributed by atoms with Crippen LogP contribution in [0.5, 0.6) is 5.75 Å². The smallest absolute Gasteiger partial charge is 0.133 e. The summed E-state index contributed by atoms with van der Waals surface area (Å²) in [5, 5.41) is 3.67. The summed E-state index contributed by atoms with van der Waals surface area (Å²) in [5.74, 6) is 7.04. The van der Waals surface area contributed by atoms with E-state index >= 15 is 0 Å².